The van der Waals surface area contributed by atoms with Gasteiger partial charge < -0.3 is 15.1 Å². The number of aromatic nitrogens is 1. The quantitative estimate of drug-likeness (QED) is 0.565. The maximum Gasteiger partial charge on any atom is 0.226 e. The average molecular weight is 384 g/mol. The van der Waals surface area contributed by atoms with Crippen LogP contribution in [0.15, 0.2) is 39.9 Å². The summed E-state index contributed by atoms with van der Waals surface area (Å²) in [6, 6.07) is 8.78. The van der Waals surface area contributed by atoms with Gasteiger partial charge in [0.15, 0.2) is 5.96 Å². The maximum atomic E-state index is 5.64. The zero-order valence-electron chi connectivity index (χ0n) is 17.4. The molecule has 6 nitrogen and oxygen atoms in total. The monoisotopic (exact) mass is 383 g/mol. The molecule has 1 aromatic heterocycles. The van der Waals surface area contributed by atoms with Crippen molar-refractivity contribution >= 4 is 5.96 Å². The van der Waals surface area contributed by atoms with Crippen LogP contribution >= 0.6 is 0 Å². The first-order valence-corrected chi connectivity index (χ1v) is 10.5. The van der Waals surface area contributed by atoms with E-state index in [0.717, 1.165) is 36.9 Å². The topological polar surface area (TPSA) is 65.7 Å². The molecule has 0 radical (unpaired) electrons. The number of benzene rings is 1. The SMILES string of the molecule is CCNC(=NCc1coc(-c2ccc(C)cc2)n1)NCC1CCCCN1CC. The fourth-order valence-corrected chi connectivity index (χ4v) is 3.63. The van der Waals surface area contributed by atoms with Crippen LogP contribution in [0.5, 0.6) is 0 Å². The van der Waals surface area contributed by atoms with Crippen molar-refractivity contribution in [3.05, 3.63) is 41.8 Å². The number of aliphatic imine (C=N–C) groups is 1. The highest BCUT2D eigenvalue weighted by Gasteiger charge is 2.20. The number of hydrogen-bond donors (Lipinski definition) is 2. The van der Waals surface area contributed by atoms with Crippen molar-refractivity contribution in [1.82, 2.24) is 20.5 Å². The Hall–Kier alpha value is -2.34. The van der Waals surface area contributed by atoms with Gasteiger partial charge in [-0.1, -0.05) is 31.0 Å². The molecule has 1 unspecified atom stereocenters. The molecule has 0 bridgehead atoms. The Balaban J connectivity index is 1.59. The van der Waals surface area contributed by atoms with Gasteiger partial charge in [-0.15, -0.1) is 0 Å². The van der Waals surface area contributed by atoms with Crippen molar-refractivity contribution in [2.45, 2.75) is 52.6 Å². The summed E-state index contributed by atoms with van der Waals surface area (Å²) in [5, 5.41) is 6.84. The van der Waals surface area contributed by atoms with Crippen molar-refractivity contribution in [3.63, 3.8) is 0 Å². The van der Waals surface area contributed by atoms with Gasteiger partial charge in [0.1, 0.15) is 12.0 Å². The normalized spacial score (nSPS) is 18.2. The van der Waals surface area contributed by atoms with Crippen molar-refractivity contribution in [2.75, 3.05) is 26.2 Å². The molecule has 1 aliphatic heterocycles. The van der Waals surface area contributed by atoms with Crippen LogP contribution in [0.3, 0.4) is 0 Å². The number of guanidine groups is 1. The lowest BCUT2D eigenvalue weighted by molar-refractivity contribution is 0.157. The van der Waals surface area contributed by atoms with Crippen LogP contribution in [0.2, 0.25) is 0 Å². The highest BCUT2D eigenvalue weighted by Crippen LogP contribution is 2.19. The molecule has 152 valence electrons. The van der Waals surface area contributed by atoms with Gasteiger partial charge in [-0.2, -0.15) is 0 Å². The fraction of sp³-hybridized carbons (Fsp3) is 0.545. The number of piperidine rings is 1. The van der Waals surface area contributed by atoms with E-state index in [1.807, 2.05) is 12.1 Å². The molecule has 1 aliphatic rings. The van der Waals surface area contributed by atoms with Crippen molar-refractivity contribution in [2.24, 2.45) is 4.99 Å². The molecular weight excluding hydrogens is 350 g/mol. The van der Waals surface area contributed by atoms with Crippen LogP contribution in [0.4, 0.5) is 0 Å². The van der Waals surface area contributed by atoms with Crippen LogP contribution < -0.4 is 10.6 Å². The Bertz CT molecular complexity index is 753. The van der Waals surface area contributed by atoms with Gasteiger partial charge in [0.25, 0.3) is 0 Å². The molecule has 2 heterocycles. The van der Waals surface area contributed by atoms with Gasteiger partial charge in [-0.3, -0.25) is 4.90 Å². The molecule has 2 aromatic rings. The number of rotatable bonds is 7. The van der Waals surface area contributed by atoms with Crippen molar-refractivity contribution in [1.29, 1.82) is 0 Å². The number of likely N-dealkylation sites (N-methyl/N-ethyl adjacent to an activating group) is 1. The fourth-order valence-electron chi connectivity index (χ4n) is 3.63. The van der Waals surface area contributed by atoms with E-state index >= 15 is 0 Å². The van der Waals surface area contributed by atoms with Crippen LogP contribution in [0.1, 0.15) is 44.4 Å². The second kappa shape index (κ2) is 10.3. The third kappa shape index (κ3) is 5.58. The highest BCUT2D eigenvalue weighted by atomic mass is 16.3. The van der Waals surface area contributed by atoms with Gasteiger partial charge in [-0.25, -0.2) is 9.98 Å². The van der Waals surface area contributed by atoms with Crippen molar-refractivity contribution < 1.29 is 4.42 Å². The summed E-state index contributed by atoms with van der Waals surface area (Å²) in [5.74, 6) is 1.48. The number of hydrogen-bond acceptors (Lipinski definition) is 4. The zero-order valence-corrected chi connectivity index (χ0v) is 17.4. The molecule has 28 heavy (non-hydrogen) atoms. The Morgan fingerprint density at radius 1 is 1.21 bits per heavy atom. The van der Waals surface area contributed by atoms with E-state index in [4.69, 9.17) is 9.41 Å². The van der Waals surface area contributed by atoms with E-state index in [2.05, 4.69) is 53.4 Å². The van der Waals surface area contributed by atoms with E-state index in [9.17, 15) is 0 Å². The number of nitrogens with one attached hydrogen (secondary N) is 2. The summed E-state index contributed by atoms with van der Waals surface area (Å²) < 4.78 is 5.64. The summed E-state index contributed by atoms with van der Waals surface area (Å²) in [6.45, 7) is 11.0. The Kier molecular flexibility index (Phi) is 7.48. The highest BCUT2D eigenvalue weighted by molar-refractivity contribution is 5.79. The number of nitrogens with zero attached hydrogens (tertiary/aromatic N) is 3. The first-order valence-electron chi connectivity index (χ1n) is 10.5. The minimum absolute atomic E-state index is 0.493. The van der Waals surface area contributed by atoms with E-state index < -0.39 is 0 Å². The molecule has 1 atom stereocenters. The van der Waals surface area contributed by atoms with E-state index in [1.165, 1.54) is 31.4 Å². The first kappa shape index (κ1) is 20.4. The largest absolute Gasteiger partial charge is 0.444 e. The molecular formula is C22H33N5O. The molecule has 0 amide bonds. The second-order valence-electron chi connectivity index (χ2n) is 7.36. The molecule has 0 saturated carbocycles. The predicted molar refractivity (Wildman–Crippen MR) is 114 cm³/mol. The Labute approximate surface area is 168 Å². The minimum Gasteiger partial charge on any atom is -0.444 e. The third-order valence-corrected chi connectivity index (χ3v) is 5.25. The number of oxazole rings is 1. The third-order valence-electron chi connectivity index (χ3n) is 5.25. The Morgan fingerprint density at radius 3 is 2.79 bits per heavy atom. The van der Waals surface area contributed by atoms with Crippen LogP contribution in [0, 0.1) is 6.92 Å². The first-order chi connectivity index (χ1) is 13.7. The lowest BCUT2D eigenvalue weighted by atomic mass is 10.0. The molecule has 1 aromatic carbocycles. The van der Waals surface area contributed by atoms with Crippen LogP contribution in [-0.4, -0.2) is 48.1 Å². The summed E-state index contributed by atoms with van der Waals surface area (Å²) >= 11 is 0. The van der Waals surface area contributed by atoms with E-state index in [0.29, 0.717) is 18.5 Å². The molecule has 0 spiro atoms. The van der Waals surface area contributed by atoms with Gasteiger partial charge in [-0.05, 0) is 51.9 Å². The van der Waals surface area contributed by atoms with E-state index in [1.54, 1.807) is 6.26 Å². The maximum absolute atomic E-state index is 5.64. The van der Waals surface area contributed by atoms with Crippen molar-refractivity contribution in [3.8, 4) is 11.5 Å². The molecule has 2 N–H and O–H groups in total. The van der Waals surface area contributed by atoms with Crippen LogP contribution in [-0.2, 0) is 6.54 Å². The zero-order chi connectivity index (χ0) is 19.8. The molecule has 1 saturated heterocycles. The molecule has 1 fully saturated rings. The summed E-state index contributed by atoms with van der Waals surface area (Å²) in [4.78, 5) is 11.8. The number of likely N-dealkylation sites (tertiary alicyclic amines) is 1. The summed E-state index contributed by atoms with van der Waals surface area (Å²) in [7, 11) is 0. The molecule has 6 heteroatoms. The molecule has 0 aliphatic carbocycles. The van der Waals surface area contributed by atoms with Gasteiger partial charge >= 0.3 is 0 Å². The van der Waals surface area contributed by atoms with Gasteiger partial charge in [0, 0.05) is 24.7 Å². The number of aryl methyl sites for hydroxylation is 1. The molecule has 3 rings (SSSR count). The van der Waals surface area contributed by atoms with Gasteiger partial charge in [0.2, 0.25) is 5.89 Å². The standard InChI is InChI=1S/C22H33N5O/c1-4-23-22(25-15-20-8-6-7-13-27(20)5-2)24-14-19-16-28-21(26-19)18-11-9-17(3)10-12-18/h9-12,16,20H,4-8,13-15H2,1-3H3,(H2,23,24,25). The Morgan fingerprint density at radius 2 is 2.04 bits per heavy atom. The summed E-state index contributed by atoms with van der Waals surface area (Å²) in [5.41, 5.74) is 3.05. The second-order valence-corrected chi connectivity index (χ2v) is 7.36. The van der Waals surface area contributed by atoms with Gasteiger partial charge in [0.05, 0.1) is 6.54 Å². The summed E-state index contributed by atoms with van der Waals surface area (Å²) in [6.07, 6.45) is 5.58. The lowest BCUT2D eigenvalue weighted by Crippen LogP contribution is -2.49. The lowest BCUT2D eigenvalue weighted by Gasteiger charge is -2.35. The predicted octanol–water partition coefficient (Wildman–Crippen LogP) is 3.58. The average Bonchev–Trinajstić information content (AvgIpc) is 3.20. The van der Waals surface area contributed by atoms with E-state index in [-0.39, 0.29) is 0 Å². The smallest absolute Gasteiger partial charge is 0.226 e. The minimum atomic E-state index is 0.493. The van der Waals surface area contributed by atoms with Crippen LogP contribution in [0.25, 0.3) is 11.5 Å².